The second kappa shape index (κ2) is 8.94. The lowest BCUT2D eigenvalue weighted by Crippen LogP contribution is -2.11. The maximum Gasteiger partial charge on any atom is 0.174 e. The first-order valence-corrected chi connectivity index (χ1v) is 11.4. The topological polar surface area (TPSA) is 53.8 Å². The van der Waals surface area contributed by atoms with Crippen molar-refractivity contribution >= 4 is 33.5 Å². The highest BCUT2D eigenvalue weighted by atomic mass is 79.9. The highest BCUT2D eigenvalue weighted by Crippen LogP contribution is 2.36. The van der Waals surface area contributed by atoms with E-state index in [4.69, 9.17) is 4.98 Å². The van der Waals surface area contributed by atoms with Crippen molar-refractivity contribution in [3.05, 3.63) is 81.3 Å². The van der Waals surface area contributed by atoms with E-state index >= 15 is 0 Å². The van der Waals surface area contributed by atoms with E-state index in [9.17, 15) is 10.1 Å². The SMILES string of the molecule is N#Cc1c(SCC(=O)c2ccccc2Br)nc(-c2ccccc2)c2c1CCCC2. The number of ketones is 1. The van der Waals surface area contributed by atoms with Gasteiger partial charge in [0, 0.05) is 15.6 Å². The number of nitriles is 1. The van der Waals surface area contributed by atoms with E-state index in [1.807, 2.05) is 42.5 Å². The Balaban J connectivity index is 1.72. The lowest BCUT2D eigenvalue weighted by atomic mass is 9.86. The summed E-state index contributed by atoms with van der Waals surface area (Å²) in [7, 11) is 0. The van der Waals surface area contributed by atoms with Crippen LogP contribution in [0.25, 0.3) is 11.3 Å². The van der Waals surface area contributed by atoms with E-state index in [0.29, 0.717) is 16.2 Å². The Bertz CT molecular complexity index is 1110. The molecular formula is C24H19BrN2OS. The molecule has 2 aromatic carbocycles. The summed E-state index contributed by atoms with van der Waals surface area (Å²) in [5.74, 6) is 0.268. The lowest BCUT2D eigenvalue weighted by Gasteiger charge is -2.22. The number of hydrogen-bond donors (Lipinski definition) is 0. The monoisotopic (exact) mass is 462 g/mol. The van der Waals surface area contributed by atoms with Crippen molar-refractivity contribution in [3.8, 4) is 17.3 Å². The maximum absolute atomic E-state index is 12.7. The average Bonchev–Trinajstić information content (AvgIpc) is 2.77. The van der Waals surface area contributed by atoms with Gasteiger partial charge in [0.1, 0.15) is 11.1 Å². The molecule has 1 aliphatic rings. The Kier molecular flexibility index (Phi) is 6.13. The summed E-state index contributed by atoms with van der Waals surface area (Å²) in [6, 6.07) is 19.9. The molecule has 0 saturated heterocycles. The summed E-state index contributed by atoms with van der Waals surface area (Å²) < 4.78 is 0.787. The van der Waals surface area contributed by atoms with Crippen LogP contribution in [0.4, 0.5) is 0 Å². The van der Waals surface area contributed by atoms with Gasteiger partial charge in [-0.25, -0.2) is 4.98 Å². The fraction of sp³-hybridized carbons (Fsp3) is 0.208. The van der Waals surface area contributed by atoms with Gasteiger partial charge in [-0.2, -0.15) is 5.26 Å². The van der Waals surface area contributed by atoms with E-state index in [0.717, 1.165) is 47.0 Å². The molecule has 0 saturated carbocycles. The van der Waals surface area contributed by atoms with Gasteiger partial charge in [0.2, 0.25) is 0 Å². The molecule has 144 valence electrons. The minimum absolute atomic E-state index is 0.0205. The molecule has 3 aromatic rings. The zero-order valence-electron chi connectivity index (χ0n) is 15.8. The smallest absolute Gasteiger partial charge is 0.174 e. The molecule has 1 aromatic heterocycles. The molecule has 3 nitrogen and oxygen atoms in total. The summed E-state index contributed by atoms with van der Waals surface area (Å²) in [6.07, 6.45) is 4.04. The number of carbonyl (C=O) groups is 1. The number of rotatable bonds is 5. The van der Waals surface area contributed by atoms with Crippen LogP contribution >= 0.6 is 27.7 Å². The largest absolute Gasteiger partial charge is 0.293 e. The lowest BCUT2D eigenvalue weighted by molar-refractivity contribution is 0.102. The van der Waals surface area contributed by atoms with Gasteiger partial charge in [-0.15, -0.1) is 0 Å². The zero-order valence-corrected chi connectivity index (χ0v) is 18.2. The van der Waals surface area contributed by atoms with Crippen molar-refractivity contribution in [2.24, 2.45) is 0 Å². The number of benzene rings is 2. The van der Waals surface area contributed by atoms with Gasteiger partial charge in [0.15, 0.2) is 5.78 Å². The molecule has 0 amide bonds. The summed E-state index contributed by atoms with van der Waals surface area (Å²) in [5, 5.41) is 10.5. The molecule has 0 aliphatic heterocycles. The number of halogens is 1. The van der Waals surface area contributed by atoms with Crippen LogP contribution in [0.1, 0.15) is 39.9 Å². The van der Waals surface area contributed by atoms with Gasteiger partial charge in [0.25, 0.3) is 0 Å². The number of Topliss-reactive ketones (excluding diaryl/α,β-unsaturated/α-hetero) is 1. The summed E-state index contributed by atoms with van der Waals surface area (Å²) in [6.45, 7) is 0. The summed E-state index contributed by atoms with van der Waals surface area (Å²) in [4.78, 5) is 17.6. The van der Waals surface area contributed by atoms with Crippen LogP contribution in [0.3, 0.4) is 0 Å². The predicted octanol–water partition coefficient (Wildman–Crippen LogP) is 6.24. The van der Waals surface area contributed by atoms with Crippen LogP contribution in [0, 0.1) is 11.3 Å². The highest BCUT2D eigenvalue weighted by Gasteiger charge is 2.23. The molecular weight excluding hydrogens is 444 g/mol. The first kappa shape index (κ1) is 19.9. The quantitative estimate of drug-likeness (QED) is 0.332. The molecule has 0 fully saturated rings. The van der Waals surface area contributed by atoms with Crippen molar-refractivity contribution in [2.75, 3.05) is 5.75 Å². The molecule has 29 heavy (non-hydrogen) atoms. The fourth-order valence-electron chi connectivity index (χ4n) is 3.75. The van der Waals surface area contributed by atoms with Crippen LogP contribution in [0.2, 0.25) is 0 Å². The number of aromatic nitrogens is 1. The van der Waals surface area contributed by atoms with Crippen molar-refractivity contribution in [2.45, 2.75) is 30.7 Å². The molecule has 5 heteroatoms. The van der Waals surface area contributed by atoms with Crippen molar-refractivity contribution in [3.63, 3.8) is 0 Å². The molecule has 0 bridgehead atoms. The van der Waals surface area contributed by atoms with Gasteiger partial charge in [-0.3, -0.25) is 4.79 Å². The molecule has 0 unspecified atom stereocenters. The third-order valence-electron chi connectivity index (χ3n) is 5.16. The molecule has 4 rings (SSSR count). The first-order valence-electron chi connectivity index (χ1n) is 9.61. The van der Waals surface area contributed by atoms with Gasteiger partial charge >= 0.3 is 0 Å². The van der Waals surface area contributed by atoms with Crippen molar-refractivity contribution in [1.82, 2.24) is 4.98 Å². The second-order valence-corrected chi connectivity index (χ2v) is 8.79. The van der Waals surface area contributed by atoms with E-state index in [1.54, 1.807) is 0 Å². The van der Waals surface area contributed by atoms with Gasteiger partial charge in [-0.05, 0) is 42.9 Å². The van der Waals surface area contributed by atoms with Crippen LogP contribution in [0.5, 0.6) is 0 Å². The third kappa shape index (κ3) is 4.14. The fourth-order valence-corrected chi connectivity index (χ4v) is 5.15. The molecule has 0 atom stereocenters. The third-order valence-corrected chi connectivity index (χ3v) is 6.82. The first-order chi connectivity index (χ1) is 14.2. The number of hydrogen-bond acceptors (Lipinski definition) is 4. The molecule has 0 N–H and O–H groups in total. The van der Waals surface area contributed by atoms with E-state index in [1.165, 1.54) is 17.3 Å². The number of carbonyl (C=O) groups excluding carboxylic acids is 1. The Morgan fingerprint density at radius 2 is 1.72 bits per heavy atom. The van der Waals surface area contributed by atoms with Crippen LogP contribution in [-0.4, -0.2) is 16.5 Å². The normalized spacial score (nSPS) is 12.8. The van der Waals surface area contributed by atoms with E-state index in [-0.39, 0.29) is 11.5 Å². The number of fused-ring (bicyclic) bond motifs is 1. The molecule has 0 radical (unpaired) electrons. The second-order valence-electron chi connectivity index (χ2n) is 6.97. The standard InChI is InChI=1S/C24H19BrN2OS/c25-21-13-7-6-12-19(21)22(28)15-29-24-20(14-26)17-10-4-5-11-18(17)23(27-24)16-8-2-1-3-9-16/h1-3,6-9,12-13H,4-5,10-11,15H2. The Morgan fingerprint density at radius 3 is 2.45 bits per heavy atom. The average molecular weight is 463 g/mol. The summed E-state index contributed by atoms with van der Waals surface area (Å²) in [5.41, 5.74) is 5.62. The van der Waals surface area contributed by atoms with Gasteiger partial charge in [0.05, 0.1) is 17.0 Å². The number of nitrogens with zero attached hydrogens (tertiary/aromatic N) is 2. The van der Waals surface area contributed by atoms with Gasteiger partial charge in [-0.1, -0.05) is 76.2 Å². The number of pyridine rings is 1. The van der Waals surface area contributed by atoms with Crippen LogP contribution < -0.4 is 0 Å². The van der Waals surface area contributed by atoms with E-state index < -0.39 is 0 Å². The number of thioether (sulfide) groups is 1. The predicted molar refractivity (Wildman–Crippen MR) is 120 cm³/mol. The molecule has 1 aliphatic carbocycles. The van der Waals surface area contributed by atoms with Crippen molar-refractivity contribution < 1.29 is 4.79 Å². The molecule has 1 heterocycles. The maximum atomic E-state index is 12.7. The van der Waals surface area contributed by atoms with Crippen LogP contribution in [0.15, 0.2) is 64.1 Å². The van der Waals surface area contributed by atoms with Gasteiger partial charge < -0.3 is 0 Å². The summed E-state index contributed by atoms with van der Waals surface area (Å²) >= 11 is 4.81. The zero-order chi connectivity index (χ0) is 20.2. The van der Waals surface area contributed by atoms with Crippen LogP contribution in [-0.2, 0) is 12.8 Å². The Labute approximate surface area is 183 Å². The Morgan fingerprint density at radius 1 is 1.03 bits per heavy atom. The Hall–Kier alpha value is -2.42. The highest BCUT2D eigenvalue weighted by molar-refractivity contribution is 9.10. The van der Waals surface area contributed by atoms with Crippen molar-refractivity contribution in [1.29, 1.82) is 5.26 Å². The van der Waals surface area contributed by atoms with E-state index in [2.05, 4.69) is 34.1 Å². The molecule has 0 spiro atoms. The minimum Gasteiger partial charge on any atom is -0.293 e. The minimum atomic E-state index is 0.0205.